The van der Waals surface area contributed by atoms with Crippen molar-refractivity contribution in [1.82, 2.24) is 14.5 Å². The van der Waals surface area contributed by atoms with Gasteiger partial charge in [-0.25, -0.2) is 4.98 Å². The number of hydrogen-bond acceptors (Lipinski definition) is 5. The Morgan fingerprint density at radius 2 is 2.04 bits per heavy atom. The number of carbonyl (C=O) groups is 1. The summed E-state index contributed by atoms with van der Waals surface area (Å²) in [7, 11) is 3.49. The lowest BCUT2D eigenvalue weighted by atomic mass is 10.2. The van der Waals surface area contributed by atoms with Crippen LogP contribution in [0.25, 0.3) is 10.2 Å². The molecule has 1 aromatic carbocycles. The van der Waals surface area contributed by atoms with Crippen molar-refractivity contribution in [2.75, 3.05) is 12.8 Å². The highest BCUT2D eigenvalue weighted by molar-refractivity contribution is 9.10. The van der Waals surface area contributed by atoms with E-state index >= 15 is 0 Å². The second-order valence-electron chi connectivity index (χ2n) is 6.35. The molecule has 142 valence electrons. The number of benzene rings is 1. The molecule has 0 saturated heterocycles. The zero-order chi connectivity index (χ0) is 19.7. The number of fused-ring (bicyclic) bond motifs is 1. The number of thiophene rings is 1. The molecule has 5 nitrogen and oxygen atoms in total. The summed E-state index contributed by atoms with van der Waals surface area (Å²) in [6, 6.07) is 7.85. The number of thioether (sulfide) groups is 1. The molecule has 0 atom stereocenters. The Morgan fingerprint density at radius 1 is 1.33 bits per heavy atom. The van der Waals surface area contributed by atoms with Crippen LogP contribution in [0.1, 0.15) is 16.0 Å². The highest BCUT2D eigenvalue weighted by atomic mass is 79.9. The summed E-state index contributed by atoms with van der Waals surface area (Å²) in [5, 5.41) is 1.25. The van der Waals surface area contributed by atoms with E-state index in [2.05, 4.69) is 20.9 Å². The van der Waals surface area contributed by atoms with Gasteiger partial charge in [0, 0.05) is 30.0 Å². The topological polar surface area (TPSA) is 55.2 Å². The van der Waals surface area contributed by atoms with Crippen molar-refractivity contribution in [3.05, 3.63) is 55.1 Å². The van der Waals surface area contributed by atoms with Crippen molar-refractivity contribution in [1.29, 1.82) is 0 Å². The highest BCUT2D eigenvalue weighted by Crippen LogP contribution is 2.28. The Kier molecular flexibility index (Phi) is 6.08. The molecule has 0 aliphatic rings. The number of amides is 1. The normalized spacial score (nSPS) is 11.1. The molecule has 2 heterocycles. The van der Waals surface area contributed by atoms with Crippen LogP contribution >= 0.6 is 39.0 Å². The van der Waals surface area contributed by atoms with Gasteiger partial charge >= 0.3 is 0 Å². The van der Waals surface area contributed by atoms with Gasteiger partial charge in [-0.15, -0.1) is 11.3 Å². The van der Waals surface area contributed by atoms with Crippen LogP contribution in [0.4, 0.5) is 0 Å². The molecule has 0 bridgehead atoms. The van der Waals surface area contributed by atoms with Gasteiger partial charge in [-0.1, -0.05) is 45.9 Å². The third-order valence-electron chi connectivity index (χ3n) is 4.49. The molecule has 3 rings (SSSR count). The zero-order valence-corrected chi connectivity index (χ0v) is 18.8. The first-order valence-electron chi connectivity index (χ1n) is 8.36. The van der Waals surface area contributed by atoms with Crippen LogP contribution in [0.15, 0.2) is 38.7 Å². The fraction of sp³-hybridized carbons (Fsp3) is 0.316. The maximum Gasteiger partial charge on any atom is 0.262 e. The Hall–Kier alpha value is -1.64. The van der Waals surface area contributed by atoms with Crippen LogP contribution < -0.4 is 5.56 Å². The van der Waals surface area contributed by atoms with Crippen LogP contribution in [0, 0.1) is 13.8 Å². The number of aromatic nitrogens is 2. The maximum atomic E-state index is 12.7. The van der Waals surface area contributed by atoms with Gasteiger partial charge in [0.25, 0.3) is 5.56 Å². The molecule has 0 N–H and O–H groups in total. The van der Waals surface area contributed by atoms with Crippen LogP contribution in [0.2, 0.25) is 0 Å². The van der Waals surface area contributed by atoms with E-state index < -0.39 is 0 Å². The van der Waals surface area contributed by atoms with Gasteiger partial charge in [0.1, 0.15) is 4.83 Å². The molecule has 0 spiro atoms. The quantitative estimate of drug-likeness (QED) is 0.419. The summed E-state index contributed by atoms with van der Waals surface area (Å²) in [6.07, 6.45) is 0. The van der Waals surface area contributed by atoms with Crippen LogP contribution in [0.3, 0.4) is 0 Å². The molecule has 27 heavy (non-hydrogen) atoms. The highest BCUT2D eigenvalue weighted by Gasteiger charge is 2.17. The minimum absolute atomic E-state index is 0.0105. The summed E-state index contributed by atoms with van der Waals surface area (Å²) >= 11 is 6.33. The van der Waals surface area contributed by atoms with E-state index in [1.54, 1.807) is 19.0 Å². The lowest BCUT2D eigenvalue weighted by Gasteiger charge is -2.18. The van der Waals surface area contributed by atoms with Crippen molar-refractivity contribution in [3.63, 3.8) is 0 Å². The summed E-state index contributed by atoms with van der Waals surface area (Å²) < 4.78 is 2.52. The summed E-state index contributed by atoms with van der Waals surface area (Å²) in [5.74, 6) is 0.222. The second kappa shape index (κ2) is 8.16. The lowest BCUT2D eigenvalue weighted by molar-refractivity contribution is -0.127. The van der Waals surface area contributed by atoms with Crippen LogP contribution in [-0.2, 0) is 18.4 Å². The molecule has 0 fully saturated rings. The van der Waals surface area contributed by atoms with Crippen LogP contribution in [0.5, 0.6) is 0 Å². The van der Waals surface area contributed by atoms with Crippen molar-refractivity contribution >= 4 is 55.2 Å². The lowest BCUT2D eigenvalue weighted by Crippen LogP contribution is -2.28. The van der Waals surface area contributed by atoms with Gasteiger partial charge in [0.2, 0.25) is 5.91 Å². The molecule has 0 aliphatic carbocycles. The molecule has 0 unspecified atom stereocenters. The Balaban J connectivity index is 1.74. The molecule has 2 aromatic heterocycles. The average Bonchev–Trinajstić information content (AvgIpc) is 2.92. The van der Waals surface area contributed by atoms with Gasteiger partial charge in [-0.3, -0.25) is 14.2 Å². The average molecular weight is 466 g/mol. The largest absolute Gasteiger partial charge is 0.341 e. The summed E-state index contributed by atoms with van der Waals surface area (Å²) in [5.41, 5.74) is 1.98. The van der Waals surface area contributed by atoms with E-state index in [0.29, 0.717) is 17.1 Å². The number of hydrogen-bond donors (Lipinski definition) is 0. The smallest absolute Gasteiger partial charge is 0.262 e. The summed E-state index contributed by atoms with van der Waals surface area (Å²) in [6.45, 7) is 4.47. The number of aryl methyl sites for hydroxylation is 2. The number of nitrogens with zero attached hydrogens (tertiary/aromatic N) is 3. The molecule has 1 amide bonds. The van der Waals surface area contributed by atoms with Gasteiger partial charge in [0.15, 0.2) is 5.16 Å². The molecular formula is C19H20BrN3O2S2. The fourth-order valence-electron chi connectivity index (χ4n) is 2.69. The Morgan fingerprint density at radius 3 is 2.74 bits per heavy atom. The third-order valence-corrected chi connectivity index (χ3v) is 7.37. The first-order valence-corrected chi connectivity index (χ1v) is 11.0. The third kappa shape index (κ3) is 4.12. The molecule has 0 radical (unpaired) electrons. The van der Waals surface area contributed by atoms with Crippen molar-refractivity contribution in [3.8, 4) is 0 Å². The molecular weight excluding hydrogens is 446 g/mol. The van der Waals surface area contributed by atoms with Crippen molar-refractivity contribution in [2.45, 2.75) is 25.5 Å². The van der Waals surface area contributed by atoms with E-state index in [9.17, 15) is 9.59 Å². The van der Waals surface area contributed by atoms with Crippen molar-refractivity contribution < 1.29 is 4.79 Å². The van der Waals surface area contributed by atoms with Gasteiger partial charge in [0.05, 0.1) is 11.1 Å². The molecule has 0 aliphatic heterocycles. The first-order chi connectivity index (χ1) is 12.8. The molecule has 8 heteroatoms. The minimum atomic E-state index is -0.0571. The summed E-state index contributed by atoms with van der Waals surface area (Å²) in [4.78, 5) is 33.3. The van der Waals surface area contributed by atoms with Crippen molar-refractivity contribution in [2.24, 2.45) is 7.05 Å². The fourth-order valence-corrected chi connectivity index (χ4v) is 5.09. The van der Waals surface area contributed by atoms with Gasteiger partial charge in [-0.05, 0) is 31.0 Å². The van der Waals surface area contributed by atoms with Gasteiger partial charge in [-0.2, -0.15) is 0 Å². The van der Waals surface area contributed by atoms with Crippen LogP contribution in [-0.4, -0.2) is 33.2 Å². The number of halogens is 1. The minimum Gasteiger partial charge on any atom is -0.341 e. The number of rotatable bonds is 5. The first kappa shape index (κ1) is 20.1. The van der Waals surface area contributed by atoms with E-state index in [4.69, 9.17) is 0 Å². The van der Waals surface area contributed by atoms with E-state index in [1.807, 2.05) is 38.1 Å². The Labute approximate surface area is 174 Å². The Bertz CT molecular complexity index is 1070. The molecule has 3 aromatic rings. The SMILES string of the molecule is Cc1sc2nc(SCC(=O)N(C)Cc3ccccc3Br)n(C)c(=O)c2c1C. The number of carbonyl (C=O) groups excluding carboxylic acids is 1. The van der Waals surface area contributed by atoms with E-state index in [0.717, 1.165) is 25.3 Å². The van der Waals surface area contributed by atoms with Gasteiger partial charge < -0.3 is 4.90 Å². The van der Waals surface area contributed by atoms with E-state index in [1.165, 1.54) is 27.7 Å². The zero-order valence-electron chi connectivity index (χ0n) is 15.6. The maximum absolute atomic E-state index is 12.7. The monoisotopic (exact) mass is 465 g/mol. The second-order valence-corrected chi connectivity index (χ2v) is 9.35. The predicted octanol–water partition coefficient (Wildman–Crippen LogP) is 4.13. The predicted molar refractivity (Wildman–Crippen MR) is 116 cm³/mol. The standard InChI is InChI=1S/C19H20BrN3O2S2/c1-11-12(2)27-17-16(11)18(25)23(4)19(21-17)26-10-15(24)22(3)9-13-7-5-6-8-14(13)20/h5-8H,9-10H2,1-4H3. The van der Waals surface area contributed by atoms with E-state index in [-0.39, 0.29) is 17.2 Å². The molecule has 0 saturated carbocycles.